The van der Waals surface area contributed by atoms with Gasteiger partial charge in [0.05, 0.1) is 18.6 Å². The van der Waals surface area contributed by atoms with Crippen LogP contribution in [0.5, 0.6) is 5.75 Å². The van der Waals surface area contributed by atoms with Gasteiger partial charge in [-0.25, -0.2) is 8.42 Å². The van der Waals surface area contributed by atoms with Crippen molar-refractivity contribution in [3.05, 3.63) is 95.0 Å². The number of rotatable bonds is 15. The van der Waals surface area contributed by atoms with Gasteiger partial charge in [-0.3, -0.25) is 13.9 Å². The molecular weight excluding hydrogens is 598 g/mol. The van der Waals surface area contributed by atoms with Crippen LogP contribution in [0.1, 0.15) is 56.6 Å². The maximum atomic E-state index is 14.0. The van der Waals surface area contributed by atoms with Crippen LogP contribution in [-0.4, -0.2) is 56.6 Å². The first-order valence-electron chi connectivity index (χ1n) is 15.2. The highest BCUT2D eigenvalue weighted by molar-refractivity contribution is 7.92. The predicted octanol–water partition coefficient (Wildman–Crippen LogP) is 5.98. The van der Waals surface area contributed by atoms with Gasteiger partial charge in [0.1, 0.15) is 11.8 Å². The highest BCUT2D eigenvalue weighted by Crippen LogP contribution is 2.24. The third-order valence-corrected chi connectivity index (χ3v) is 9.27. The molecule has 10 heteroatoms. The number of sulfonamides is 1. The molecule has 2 amide bonds. The number of carbonyl (C=O) groups excluding carboxylic acids is 2. The molecule has 44 heavy (non-hydrogen) atoms. The van der Waals surface area contributed by atoms with E-state index in [0.717, 1.165) is 43.1 Å². The Morgan fingerprint density at radius 2 is 1.61 bits per heavy atom. The van der Waals surface area contributed by atoms with E-state index in [2.05, 4.69) is 5.32 Å². The Balaban J connectivity index is 1.56. The van der Waals surface area contributed by atoms with Crippen molar-refractivity contribution in [2.24, 2.45) is 0 Å². The van der Waals surface area contributed by atoms with Crippen LogP contribution in [0.4, 0.5) is 5.69 Å². The van der Waals surface area contributed by atoms with Crippen LogP contribution in [0.25, 0.3) is 0 Å². The van der Waals surface area contributed by atoms with Crippen LogP contribution >= 0.6 is 11.6 Å². The molecule has 0 spiro atoms. The van der Waals surface area contributed by atoms with Crippen molar-refractivity contribution in [2.45, 2.75) is 70.5 Å². The van der Waals surface area contributed by atoms with E-state index in [1.54, 1.807) is 41.3 Å². The Kier molecular flexibility index (Phi) is 12.1. The standard InChI is InChI=1S/C34H42ClN3O5S/c1-3-43-31-21-19-30(20-22-31)38(44(2,41)42)23-9-14-33(39)37(25-27-15-17-28(35)18-16-27)32(24-26-10-5-4-6-11-26)34(40)36-29-12-7-8-13-29/h4-6,10-11,15-22,29,32H,3,7-9,12-14,23-25H2,1-2H3,(H,36,40)/t32-/m0/s1. The smallest absolute Gasteiger partial charge is 0.243 e. The fraction of sp³-hybridized carbons (Fsp3) is 0.412. The van der Waals surface area contributed by atoms with E-state index in [0.29, 0.717) is 29.5 Å². The van der Waals surface area contributed by atoms with Gasteiger partial charge in [0.25, 0.3) is 0 Å². The number of nitrogens with zero attached hydrogens (tertiary/aromatic N) is 2. The number of anilines is 1. The van der Waals surface area contributed by atoms with Crippen molar-refractivity contribution in [1.82, 2.24) is 10.2 Å². The number of benzene rings is 3. The van der Waals surface area contributed by atoms with Gasteiger partial charge >= 0.3 is 0 Å². The fourth-order valence-electron chi connectivity index (χ4n) is 5.59. The summed E-state index contributed by atoms with van der Waals surface area (Å²) >= 11 is 6.13. The SMILES string of the molecule is CCOc1ccc(N(CCCC(=O)N(Cc2ccc(Cl)cc2)[C@@H](Cc2ccccc2)C(=O)NC2CCCC2)S(C)(=O)=O)cc1. The number of carbonyl (C=O) groups is 2. The van der Waals surface area contributed by atoms with Crippen LogP contribution in [0.15, 0.2) is 78.9 Å². The molecule has 8 nitrogen and oxygen atoms in total. The van der Waals surface area contributed by atoms with E-state index in [-0.39, 0.29) is 43.8 Å². The summed E-state index contributed by atoms with van der Waals surface area (Å²) in [6, 6.07) is 23.2. The third kappa shape index (κ3) is 9.72. The Morgan fingerprint density at radius 1 is 0.955 bits per heavy atom. The molecule has 1 fully saturated rings. The topological polar surface area (TPSA) is 96.0 Å². The molecule has 0 radical (unpaired) electrons. The zero-order valence-corrected chi connectivity index (χ0v) is 27.0. The molecule has 1 aliphatic carbocycles. The number of ether oxygens (including phenoxy) is 1. The summed E-state index contributed by atoms with van der Waals surface area (Å²) in [6.07, 6.45) is 5.88. The molecule has 4 rings (SSSR count). The summed E-state index contributed by atoms with van der Waals surface area (Å²) in [6.45, 7) is 2.73. The molecule has 0 bridgehead atoms. The van der Waals surface area contributed by atoms with Crippen LogP contribution in [0, 0.1) is 0 Å². The van der Waals surface area contributed by atoms with Gasteiger partial charge in [-0.1, -0.05) is 66.9 Å². The van der Waals surface area contributed by atoms with Crippen molar-refractivity contribution >= 4 is 39.1 Å². The summed E-state index contributed by atoms with van der Waals surface area (Å²) in [5, 5.41) is 3.79. The number of nitrogens with one attached hydrogen (secondary N) is 1. The number of hydrogen-bond acceptors (Lipinski definition) is 5. The maximum absolute atomic E-state index is 14.0. The van der Waals surface area contributed by atoms with E-state index in [1.807, 2.05) is 49.4 Å². The zero-order valence-electron chi connectivity index (χ0n) is 25.5. The van der Waals surface area contributed by atoms with Crippen molar-refractivity contribution in [3.63, 3.8) is 0 Å². The second-order valence-electron chi connectivity index (χ2n) is 11.2. The molecular formula is C34H42ClN3O5S. The third-order valence-electron chi connectivity index (χ3n) is 7.83. The van der Waals surface area contributed by atoms with Crippen LogP contribution < -0.4 is 14.4 Å². The zero-order chi connectivity index (χ0) is 31.5. The monoisotopic (exact) mass is 639 g/mol. The lowest BCUT2D eigenvalue weighted by molar-refractivity contribution is -0.141. The summed E-state index contributed by atoms with van der Waals surface area (Å²) < 4.78 is 32.2. The van der Waals surface area contributed by atoms with Crippen molar-refractivity contribution in [2.75, 3.05) is 23.7 Å². The Bertz CT molecular complexity index is 1460. The lowest BCUT2D eigenvalue weighted by Gasteiger charge is -2.33. The fourth-order valence-corrected chi connectivity index (χ4v) is 6.68. The molecule has 0 aromatic heterocycles. The van der Waals surface area contributed by atoms with Gasteiger partial charge in [0.15, 0.2) is 0 Å². The van der Waals surface area contributed by atoms with Gasteiger partial charge in [-0.2, -0.15) is 0 Å². The lowest BCUT2D eigenvalue weighted by Crippen LogP contribution is -2.52. The van der Waals surface area contributed by atoms with E-state index >= 15 is 0 Å². The molecule has 0 saturated heterocycles. The Morgan fingerprint density at radius 3 is 2.23 bits per heavy atom. The van der Waals surface area contributed by atoms with Gasteiger partial charge in [-0.15, -0.1) is 0 Å². The summed E-state index contributed by atoms with van der Waals surface area (Å²) in [5.74, 6) is 0.260. The normalized spacial score (nSPS) is 14.2. The minimum absolute atomic E-state index is 0.0681. The van der Waals surface area contributed by atoms with Crippen molar-refractivity contribution < 1.29 is 22.7 Å². The average Bonchev–Trinajstić information content (AvgIpc) is 3.51. The number of halogens is 1. The summed E-state index contributed by atoms with van der Waals surface area (Å²) in [4.78, 5) is 29.5. The second-order valence-corrected chi connectivity index (χ2v) is 13.6. The quantitative estimate of drug-likeness (QED) is 0.221. The summed E-state index contributed by atoms with van der Waals surface area (Å²) in [7, 11) is -3.61. The van der Waals surface area contributed by atoms with Gasteiger partial charge in [0.2, 0.25) is 21.8 Å². The van der Waals surface area contributed by atoms with Crippen LogP contribution in [0.2, 0.25) is 5.02 Å². The number of hydrogen-bond donors (Lipinski definition) is 1. The Hall–Kier alpha value is -3.56. The average molecular weight is 640 g/mol. The van der Waals surface area contributed by atoms with Crippen molar-refractivity contribution in [1.29, 1.82) is 0 Å². The molecule has 3 aromatic rings. The Labute approximate surface area is 266 Å². The molecule has 0 aliphatic heterocycles. The minimum atomic E-state index is -3.61. The van der Waals surface area contributed by atoms with E-state index in [9.17, 15) is 18.0 Å². The summed E-state index contributed by atoms with van der Waals surface area (Å²) in [5.41, 5.74) is 2.30. The predicted molar refractivity (Wildman–Crippen MR) is 175 cm³/mol. The van der Waals surface area contributed by atoms with Crippen LogP contribution in [-0.2, 0) is 32.6 Å². The first kappa shape index (κ1) is 33.3. The first-order chi connectivity index (χ1) is 21.1. The van der Waals surface area contributed by atoms with E-state index in [1.165, 1.54) is 4.31 Å². The number of amides is 2. The molecule has 1 aliphatic rings. The van der Waals surface area contributed by atoms with Crippen molar-refractivity contribution in [3.8, 4) is 5.75 Å². The molecule has 1 atom stereocenters. The molecule has 236 valence electrons. The van der Waals surface area contributed by atoms with E-state index in [4.69, 9.17) is 16.3 Å². The minimum Gasteiger partial charge on any atom is -0.494 e. The molecule has 1 saturated carbocycles. The largest absolute Gasteiger partial charge is 0.494 e. The van der Waals surface area contributed by atoms with E-state index < -0.39 is 16.1 Å². The highest BCUT2D eigenvalue weighted by atomic mass is 35.5. The second kappa shape index (κ2) is 16.0. The highest BCUT2D eigenvalue weighted by Gasteiger charge is 2.32. The first-order valence-corrected chi connectivity index (χ1v) is 17.5. The molecule has 3 aromatic carbocycles. The van der Waals surface area contributed by atoms with Crippen LogP contribution in [0.3, 0.4) is 0 Å². The van der Waals surface area contributed by atoms with Gasteiger partial charge in [0, 0.05) is 37.0 Å². The lowest BCUT2D eigenvalue weighted by atomic mass is 10.0. The van der Waals surface area contributed by atoms with Gasteiger partial charge < -0.3 is 15.0 Å². The molecule has 0 heterocycles. The maximum Gasteiger partial charge on any atom is 0.243 e. The molecule has 1 N–H and O–H groups in total. The molecule has 0 unspecified atom stereocenters. The van der Waals surface area contributed by atoms with Gasteiger partial charge in [-0.05, 0) is 73.7 Å².